The summed E-state index contributed by atoms with van der Waals surface area (Å²) in [6.07, 6.45) is 1.85. The van der Waals surface area contributed by atoms with Crippen LogP contribution < -0.4 is 21.3 Å². The van der Waals surface area contributed by atoms with Gasteiger partial charge in [0.2, 0.25) is 18.5 Å². The lowest BCUT2D eigenvalue weighted by Gasteiger charge is -2.30. The third-order valence-electron chi connectivity index (χ3n) is 5.85. The van der Waals surface area contributed by atoms with Crippen LogP contribution >= 0.6 is 67.8 Å². The first kappa shape index (κ1) is 32.9. The van der Waals surface area contributed by atoms with Crippen LogP contribution in [0.3, 0.4) is 0 Å². The molecule has 2 aliphatic rings. The van der Waals surface area contributed by atoms with Gasteiger partial charge in [0, 0.05) is 30.9 Å². The largest absolute Gasteiger partial charge is 0.462 e. The summed E-state index contributed by atoms with van der Waals surface area (Å²) in [6, 6.07) is 0. The van der Waals surface area contributed by atoms with Crippen molar-refractivity contribution in [2.24, 2.45) is 5.73 Å². The summed E-state index contributed by atoms with van der Waals surface area (Å²) in [4.78, 5) is 41.5. The van der Waals surface area contributed by atoms with E-state index < -0.39 is 35.2 Å². The van der Waals surface area contributed by atoms with E-state index in [9.17, 15) is 19.5 Å². The molecule has 1 unspecified atom stereocenters. The number of benzene rings is 1. The van der Waals surface area contributed by atoms with Crippen LogP contribution in [0.5, 0.6) is 0 Å². The maximum absolute atomic E-state index is 13.8. The minimum absolute atomic E-state index is 0.0398. The molecule has 1 aromatic rings. The number of nitrogens with one attached hydrogen (secondary N) is 2. The molecule has 0 fully saturated rings. The zero-order chi connectivity index (χ0) is 30.0. The summed E-state index contributed by atoms with van der Waals surface area (Å²) in [7, 11) is 0. The summed E-state index contributed by atoms with van der Waals surface area (Å²) >= 11 is 5.93. The first-order valence-electron chi connectivity index (χ1n) is 12.1. The van der Waals surface area contributed by atoms with E-state index in [0.29, 0.717) is 27.9 Å². The number of halogens is 3. The molecule has 0 saturated heterocycles. The van der Waals surface area contributed by atoms with Crippen LogP contribution in [0.2, 0.25) is 0 Å². The third-order valence-corrected chi connectivity index (χ3v) is 9.03. The number of hydrogen-bond acceptors (Lipinski definition) is 9. The molecule has 0 bridgehead atoms. The first-order chi connectivity index (χ1) is 18.6. The number of nitrogens with two attached hydrogens (primary N) is 1. The molecule has 1 aromatic carbocycles. The number of aliphatic hydroxyl groups excluding tert-OH is 1. The number of amides is 3. The molecule has 3 amide bonds. The Kier molecular flexibility index (Phi) is 10.8. The van der Waals surface area contributed by atoms with Gasteiger partial charge in [-0.05, 0) is 81.6 Å². The van der Waals surface area contributed by atoms with Crippen LogP contribution in [0, 0.1) is 10.7 Å². The number of hydrogen-bond donors (Lipinski definition) is 4. The van der Waals surface area contributed by atoms with Crippen molar-refractivity contribution >= 4 is 91.2 Å². The van der Waals surface area contributed by atoms with Crippen molar-refractivity contribution in [2.75, 3.05) is 31.3 Å². The van der Waals surface area contributed by atoms with Crippen molar-refractivity contribution in [3.05, 3.63) is 45.9 Å². The van der Waals surface area contributed by atoms with Crippen LogP contribution in [0.15, 0.2) is 24.0 Å². The van der Waals surface area contributed by atoms with E-state index in [0.717, 1.165) is 0 Å². The maximum Gasteiger partial charge on any atom is 0.254 e. The SMILES string of the molecule is CC(=O)N(CC(O)CN)c1c(I)c(C(=O)NCC2=COC(C)(C)O2)c(I)c(C(=O)NC(C)(C)C2=COCO2)c1I. The van der Waals surface area contributed by atoms with Gasteiger partial charge in [-0.1, -0.05) is 0 Å². The van der Waals surface area contributed by atoms with Crippen LogP contribution in [0.4, 0.5) is 5.69 Å². The van der Waals surface area contributed by atoms with E-state index in [1.54, 1.807) is 27.7 Å². The van der Waals surface area contributed by atoms with Crippen LogP contribution in [-0.2, 0) is 23.7 Å². The predicted octanol–water partition coefficient (Wildman–Crippen LogP) is 2.88. The first-order valence-corrected chi connectivity index (χ1v) is 15.3. The minimum Gasteiger partial charge on any atom is -0.462 e. The molecule has 0 aliphatic carbocycles. The normalized spacial score (nSPS) is 16.4. The van der Waals surface area contributed by atoms with Gasteiger partial charge in [-0.3, -0.25) is 14.4 Å². The van der Waals surface area contributed by atoms with Crippen molar-refractivity contribution in [1.29, 1.82) is 0 Å². The Hall–Kier alpha value is -1.58. The average molecular weight is 896 g/mol. The molecule has 15 heteroatoms. The molecule has 40 heavy (non-hydrogen) atoms. The van der Waals surface area contributed by atoms with Gasteiger partial charge < -0.3 is 45.3 Å². The fourth-order valence-corrected chi connectivity index (χ4v) is 8.56. The summed E-state index contributed by atoms with van der Waals surface area (Å²) in [5, 5.41) is 16.1. The molecule has 2 heterocycles. The molecule has 0 radical (unpaired) electrons. The highest BCUT2D eigenvalue weighted by Crippen LogP contribution is 2.39. The van der Waals surface area contributed by atoms with Gasteiger partial charge in [0.1, 0.15) is 12.5 Å². The number of carbonyl (C=O) groups excluding carboxylic acids is 3. The number of ether oxygens (including phenoxy) is 4. The Bertz CT molecular complexity index is 1270. The molecule has 12 nitrogen and oxygen atoms in total. The Morgan fingerprint density at radius 1 is 1.12 bits per heavy atom. The second-order valence-electron chi connectivity index (χ2n) is 9.94. The highest BCUT2D eigenvalue weighted by Gasteiger charge is 2.36. The Morgan fingerprint density at radius 3 is 2.25 bits per heavy atom. The molecule has 5 N–H and O–H groups in total. The van der Waals surface area contributed by atoms with Crippen LogP contribution in [0.1, 0.15) is 55.3 Å². The topological polar surface area (TPSA) is 162 Å². The molecule has 220 valence electrons. The molecule has 0 spiro atoms. The zero-order valence-electron chi connectivity index (χ0n) is 22.5. The van der Waals surface area contributed by atoms with E-state index in [-0.39, 0.29) is 37.6 Å². The lowest BCUT2D eigenvalue weighted by Crippen LogP contribution is -2.46. The van der Waals surface area contributed by atoms with Gasteiger partial charge in [-0.25, -0.2) is 0 Å². The molecule has 2 aliphatic heterocycles. The van der Waals surface area contributed by atoms with Gasteiger partial charge in [-0.2, -0.15) is 0 Å². The predicted molar refractivity (Wildman–Crippen MR) is 171 cm³/mol. The number of rotatable bonds is 10. The Labute approximate surface area is 273 Å². The van der Waals surface area contributed by atoms with Gasteiger partial charge >= 0.3 is 0 Å². The smallest absolute Gasteiger partial charge is 0.254 e. The molecular formula is C25H31I3N4O8. The highest BCUT2D eigenvalue weighted by atomic mass is 127. The maximum atomic E-state index is 13.8. The van der Waals surface area contributed by atoms with E-state index in [4.69, 9.17) is 24.7 Å². The fourth-order valence-electron chi connectivity index (χ4n) is 3.83. The quantitative estimate of drug-likeness (QED) is 0.259. The lowest BCUT2D eigenvalue weighted by molar-refractivity contribution is -0.117. The Balaban J connectivity index is 2.10. The molecular weight excluding hydrogens is 865 g/mol. The van der Waals surface area contributed by atoms with Crippen molar-refractivity contribution in [3.63, 3.8) is 0 Å². The van der Waals surface area contributed by atoms with Crippen LogP contribution in [-0.4, -0.2) is 66.7 Å². The van der Waals surface area contributed by atoms with E-state index in [2.05, 4.69) is 10.6 Å². The molecule has 3 rings (SSSR count). The van der Waals surface area contributed by atoms with Crippen molar-refractivity contribution in [3.8, 4) is 0 Å². The number of carbonyl (C=O) groups is 3. The van der Waals surface area contributed by atoms with Gasteiger partial charge in [0.05, 0.1) is 48.7 Å². The fraction of sp³-hybridized carbons (Fsp3) is 0.480. The number of aliphatic hydroxyl groups is 1. The van der Waals surface area contributed by atoms with Crippen molar-refractivity contribution < 1.29 is 38.4 Å². The second-order valence-corrected chi connectivity index (χ2v) is 13.2. The molecule has 0 aromatic heterocycles. The third kappa shape index (κ3) is 7.43. The zero-order valence-corrected chi connectivity index (χ0v) is 29.0. The second kappa shape index (κ2) is 13.2. The standard InChI is InChI=1S/C25H31I3N4O8/c1-12(33)32(8-13(34)6-29)21-19(27)16(22(35)30-7-14-9-39-25(4,5)40-14)18(26)17(20(21)28)23(36)31-24(2,3)15-10-37-11-38-15/h9-10,13,34H,6-8,11,29H2,1-5H3,(H,30,35)(H,31,36). The Morgan fingerprint density at radius 2 is 1.75 bits per heavy atom. The highest BCUT2D eigenvalue weighted by molar-refractivity contribution is 14.1. The monoisotopic (exact) mass is 896 g/mol. The van der Waals surface area contributed by atoms with E-state index in [1.165, 1.54) is 24.3 Å². The summed E-state index contributed by atoms with van der Waals surface area (Å²) in [6.45, 7) is 8.21. The average Bonchev–Trinajstić information content (AvgIpc) is 3.51. The van der Waals surface area contributed by atoms with Gasteiger partial charge in [0.25, 0.3) is 11.8 Å². The van der Waals surface area contributed by atoms with Gasteiger partial charge in [-0.15, -0.1) is 0 Å². The van der Waals surface area contributed by atoms with E-state index >= 15 is 0 Å². The van der Waals surface area contributed by atoms with Crippen molar-refractivity contribution in [2.45, 2.75) is 52.0 Å². The summed E-state index contributed by atoms with van der Waals surface area (Å²) in [5.74, 6) is -1.37. The molecule has 1 atom stereocenters. The summed E-state index contributed by atoms with van der Waals surface area (Å²) in [5.41, 5.74) is 5.37. The number of nitrogens with zero attached hydrogens (tertiary/aromatic N) is 1. The minimum atomic E-state index is -1.02. The molecule has 0 saturated carbocycles. The van der Waals surface area contributed by atoms with Crippen molar-refractivity contribution in [1.82, 2.24) is 10.6 Å². The van der Waals surface area contributed by atoms with Crippen LogP contribution in [0.25, 0.3) is 0 Å². The number of anilines is 1. The van der Waals surface area contributed by atoms with E-state index in [1.807, 2.05) is 67.8 Å². The van der Waals surface area contributed by atoms with Gasteiger partial charge in [0.15, 0.2) is 11.5 Å². The lowest BCUT2D eigenvalue weighted by atomic mass is 10.0. The summed E-state index contributed by atoms with van der Waals surface area (Å²) < 4.78 is 22.9.